The molecule has 0 spiro atoms. The van der Waals surface area contributed by atoms with Gasteiger partial charge in [0, 0.05) is 13.5 Å². The standard InChI is InChI=1S/C12H19BrN2O6/c1-3-12(13)9(18)14-11(19)15(10(12)20-2)8-4-6(17)7(5-16)21-8/h6-8,10,16-17H,3-5H2,1-2H3,(H,14,18,19)/t6-,7+,8+,10+,12-/m0/s1. The number of rotatable bonds is 4. The van der Waals surface area contributed by atoms with E-state index in [1.54, 1.807) is 6.92 Å². The topological polar surface area (TPSA) is 108 Å². The highest BCUT2D eigenvalue weighted by Crippen LogP contribution is 2.37. The van der Waals surface area contributed by atoms with Crippen LogP contribution in [0.4, 0.5) is 4.79 Å². The number of nitrogens with one attached hydrogen (secondary N) is 1. The zero-order valence-electron chi connectivity index (χ0n) is 11.8. The van der Waals surface area contributed by atoms with Crippen LogP contribution in [0.2, 0.25) is 0 Å². The molecule has 3 N–H and O–H groups in total. The van der Waals surface area contributed by atoms with E-state index >= 15 is 0 Å². The summed E-state index contributed by atoms with van der Waals surface area (Å²) in [7, 11) is 1.39. The van der Waals surface area contributed by atoms with Gasteiger partial charge in [-0.3, -0.25) is 15.0 Å². The third-order valence-corrected chi connectivity index (χ3v) is 5.22. The number of aliphatic hydroxyl groups is 2. The van der Waals surface area contributed by atoms with Crippen molar-refractivity contribution >= 4 is 27.9 Å². The molecular formula is C12H19BrN2O6. The van der Waals surface area contributed by atoms with Gasteiger partial charge in [0.15, 0.2) is 6.23 Å². The maximum absolute atomic E-state index is 12.1. The van der Waals surface area contributed by atoms with Crippen LogP contribution in [0, 0.1) is 0 Å². The maximum atomic E-state index is 12.1. The molecular weight excluding hydrogens is 348 g/mol. The van der Waals surface area contributed by atoms with Gasteiger partial charge in [-0.1, -0.05) is 22.9 Å². The number of urea groups is 1. The summed E-state index contributed by atoms with van der Waals surface area (Å²) in [5.41, 5.74) is 0. The molecule has 5 atom stereocenters. The van der Waals surface area contributed by atoms with Crippen molar-refractivity contribution in [2.24, 2.45) is 0 Å². The molecule has 0 unspecified atom stereocenters. The molecule has 0 radical (unpaired) electrons. The number of nitrogens with zero attached hydrogens (tertiary/aromatic N) is 1. The molecule has 0 aromatic heterocycles. The SMILES string of the molecule is CC[C@]1(Br)C(=O)NC(=O)N([C@H]2C[C@H](O)[C@@H](CO)O2)[C@@H]1OC. The van der Waals surface area contributed by atoms with Gasteiger partial charge in [0.25, 0.3) is 0 Å². The summed E-state index contributed by atoms with van der Waals surface area (Å²) < 4.78 is 9.74. The van der Waals surface area contributed by atoms with Crippen molar-refractivity contribution in [3.05, 3.63) is 0 Å². The minimum Gasteiger partial charge on any atom is -0.394 e. The fourth-order valence-electron chi connectivity index (χ4n) is 2.67. The van der Waals surface area contributed by atoms with E-state index in [1.807, 2.05) is 0 Å². The fraction of sp³-hybridized carbons (Fsp3) is 0.833. The fourth-order valence-corrected chi connectivity index (χ4v) is 3.18. The highest BCUT2D eigenvalue weighted by atomic mass is 79.9. The lowest BCUT2D eigenvalue weighted by Gasteiger charge is -2.45. The van der Waals surface area contributed by atoms with Gasteiger partial charge in [-0.05, 0) is 6.42 Å². The first kappa shape index (κ1) is 16.6. The van der Waals surface area contributed by atoms with E-state index in [4.69, 9.17) is 14.6 Å². The average molecular weight is 367 g/mol. The molecule has 2 fully saturated rings. The molecule has 9 heteroatoms. The number of hydrogen-bond donors (Lipinski definition) is 3. The van der Waals surface area contributed by atoms with E-state index in [0.717, 1.165) is 0 Å². The lowest BCUT2D eigenvalue weighted by molar-refractivity contribution is -0.155. The lowest BCUT2D eigenvalue weighted by atomic mass is 9.99. The zero-order valence-corrected chi connectivity index (χ0v) is 13.4. The Bertz CT molecular complexity index is 436. The van der Waals surface area contributed by atoms with Crippen molar-refractivity contribution in [2.45, 2.75) is 48.8 Å². The first-order chi connectivity index (χ1) is 9.88. The highest BCUT2D eigenvalue weighted by Gasteiger charge is 2.55. The predicted molar refractivity (Wildman–Crippen MR) is 74.5 cm³/mol. The van der Waals surface area contributed by atoms with E-state index in [0.29, 0.717) is 6.42 Å². The summed E-state index contributed by atoms with van der Waals surface area (Å²) in [6.07, 6.45) is -2.77. The molecule has 120 valence electrons. The number of ether oxygens (including phenoxy) is 2. The smallest absolute Gasteiger partial charge is 0.328 e. The number of amides is 3. The van der Waals surface area contributed by atoms with Crippen molar-refractivity contribution in [2.75, 3.05) is 13.7 Å². The molecule has 0 aromatic rings. The Morgan fingerprint density at radius 1 is 1.57 bits per heavy atom. The molecule has 21 heavy (non-hydrogen) atoms. The van der Waals surface area contributed by atoms with Crippen LogP contribution in [0.1, 0.15) is 19.8 Å². The van der Waals surface area contributed by atoms with Crippen LogP contribution in [0.15, 0.2) is 0 Å². The largest absolute Gasteiger partial charge is 0.394 e. The van der Waals surface area contributed by atoms with Crippen molar-refractivity contribution in [3.8, 4) is 0 Å². The maximum Gasteiger partial charge on any atom is 0.328 e. The van der Waals surface area contributed by atoms with Crippen LogP contribution in [-0.2, 0) is 14.3 Å². The third kappa shape index (κ3) is 2.68. The van der Waals surface area contributed by atoms with Gasteiger partial charge in [-0.15, -0.1) is 0 Å². The minimum atomic E-state index is -1.10. The molecule has 0 aliphatic carbocycles. The summed E-state index contributed by atoms with van der Waals surface area (Å²) in [5, 5.41) is 21.2. The van der Waals surface area contributed by atoms with E-state index in [1.165, 1.54) is 12.0 Å². The van der Waals surface area contributed by atoms with Crippen LogP contribution >= 0.6 is 15.9 Å². The molecule has 0 saturated carbocycles. The quantitative estimate of drug-likeness (QED) is 0.580. The first-order valence-corrected chi connectivity index (χ1v) is 7.48. The normalized spacial score (nSPS) is 40.5. The van der Waals surface area contributed by atoms with E-state index < -0.39 is 40.9 Å². The molecule has 2 aliphatic heterocycles. The van der Waals surface area contributed by atoms with Gasteiger partial charge in [0.2, 0.25) is 5.91 Å². The highest BCUT2D eigenvalue weighted by molar-refractivity contribution is 9.10. The summed E-state index contributed by atoms with van der Waals surface area (Å²) in [6.45, 7) is 1.44. The van der Waals surface area contributed by atoms with Crippen molar-refractivity contribution in [1.82, 2.24) is 10.2 Å². The molecule has 2 saturated heterocycles. The molecule has 8 nitrogen and oxygen atoms in total. The zero-order chi connectivity index (χ0) is 15.8. The number of methoxy groups -OCH3 is 1. The summed E-state index contributed by atoms with van der Waals surface area (Å²) in [5.74, 6) is -0.477. The number of alkyl halides is 1. The molecule has 0 bridgehead atoms. The van der Waals surface area contributed by atoms with Crippen LogP contribution in [0.5, 0.6) is 0 Å². The first-order valence-electron chi connectivity index (χ1n) is 6.68. The Hall–Kier alpha value is -0.740. The minimum absolute atomic E-state index is 0.138. The van der Waals surface area contributed by atoms with Crippen LogP contribution in [0.25, 0.3) is 0 Å². The van der Waals surface area contributed by atoms with Gasteiger partial charge >= 0.3 is 6.03 Å². The second-order valence-electron chi connectivity index (χ2n) is 5.09. The van der Waals surface area contributed by atoms with Gasteiger partial charge in [-0.25, -0.2) is 4.79 Å². The Morgan fingerprint density at radius 2 is 2.24 bits per heavy atom. The van der Waals surface area contributed by atoms with Crippen molar-refractivity contribution in [1.29, 1.82) is 0 Å². The van der Waals surface area contributed by atoms with Crippen molar-refractivity contribution < 1.29 is 29.3 Å². The molecule has 2 rings (SSSR count). The lowest BCUT2D eigenvalue weighted by Crippen LogP contribution is -2.69. The number of halogens is 1. The van der Waals surface area contributed by atoms with E-state index in [9.17, 15) is 14.7 Å². The van der Waals surface area contributed by atoms with E-state index in [-0.39, 0.29) is 13.0 Å². The molecule has 3 amide bonds. The summed E-state index contributed by atoms with van der Waals surface area (Å²) in [6, 6.07) is -0.647. The van der Waals surface area contributed by atoms with Gasteiger partial charge < -0.3 is 19.7 Å². The van der Waals surface area contributed by atoms with Crippen molar-refractivity contribution in [3.63, 3.8) is 0 Å². The number of carbonyl (C=O) groups is 2. The average Bonchev–Trinajstić information content (AvgIpc) is 2.82. The number of hydrogen-bond acceptors (Lipinski definition) is 6. The van der Waals surface area contributed by atoms with E-state index in [2.05, 4.69) is 21.2 Å². The summed E-state index contributed by atoms with van der Waals surface area (Å²) >= 11 is 3.35. The number of imide groups is 1. The van der Waals surface area contributed by atoms with Gasteiger partial charge in [0.05, 0.1) is 12.7 Å². The van der Waals surface area contributed by atoms with Crippen LogP contribution < -0.4 is 5.32 Å². The third-order valence-electron chi connectivity index (χ3n) is 3.91. The van der Waals surface area contributed by atoms with Gasteiger partial charge in [0.1, 0.15) is 16.7 Å². The Balaban J connectivity index is 2.28. The second-order valence-corrected chi connectivity index (χ2v) is 6.50. The summed E-state index contributed by atoms with van der Waals surface area (Å²) in [4.78, 5) is 25.4. The number of carbonyl (C=O) groups excluding carboxylic acids is 2. The Kier molecular flexibility index (Phi) is 4.89. The Morgan fingerprint density at radius 3 is 2.71 bits per heavy atom. The monoisotopic (exact) mass is 366 g/mol. The Labute approximate surface area is 130 Å². The predicted octanol–water partition coefficient (Wildman–Crippen LogP) is -0.477. The van der Waals surface area contributed by atoms with Gasteiger partial charge in [-0.2, -0.15) is 0 Å². The van der Waals surface area contributed by atoms with Crippen LogP contribution in [-0.4, -0.2) is 69.8 Å². The second kappa shape index (κ2) is 6.17. The number of aliphatic hydroxyl groups excluding tert-OH is 2. The molecule has 0 aromatic carbocycles. The molecule has 2 aliphatic rings. The molecule has 2 heterocycles. The van der Waals surface area contributed by atoms with Crippen LogP contribution in [0.3, 0.4) is 0 Å².